The summed E-state index contributed by atoms with van der Waals surface area (Å²) in [6, 6.07) is 4.49. The van der Waals surface area contributed by atoms with E-state index >= 15 is 0 Å². The Balaban J connectivity index is 2.91. The van der Waals surface area contributed by atoms with E-state index in [0.29, 0.717) is 18.6 Å². The van der Waals surface area contributed by atoms with Gasteiger partial charge in [0.2, 0.25) is 0 Å². The summed E-state index contributed by atoms with van der Waals surface area (Å²) < 4.78 is 18.3. The van der Waals surface area contributed by atoms with Gasteiger partial charge in [0, 0.05) is 6.54 Å². The molecule has 5 heteroatoms. The van der Waals surface area contributed by atoms with Gasteiger partial charge in [0.25, 0.3) is 0 Å². The fourth-order valence-electron chi connectivity index (χ4n) is 1.66. The zero-order chi connectivity index (χ0) is 13.8. The van der Waals surface area contributed by atoms with Gasteiger partial charge in [0.1, 0.15) is 5.82 Å². The van der Waals surface area contributed by atoms with E-state index in [-0.39, 0.29) is 18.2 Å². The van der Waals surface area contributed by atoms with Gasteiger partial charge in [-0.15, -0.1) is 0 Å². The third kappa shape index (κ3) is 3.20. The topological polar surface area (TPSA) is 78.3 Å². The molecule has 1 atom stereocenters. The Morgan fingerprint density at radius 3 is 2.67 bits per heavy atom. The summed E-state index contributed by atoms with van der Waals surface area (Å²) in [5.41, 5.74) is 10.9. The van der Waals surface area contributed by atoms with Crippen molar-refractivity contribution in [2.45, 2.75) is 20.3 Å². The highest BCUT2D eigenvalue weighted by Crippen LogP contribution is 2.24. The second-order valence-electron chi connectivity index (χ2n) is 4.52. The predicted octanol–water partition coefficient (Wildman–Crippen LogP) is 1.48. The van der Waals surface area contributed by atoms with Crippen LogP contribution in [0.2, 0.25) is 0 Å². The van der Waals surface area contributed by atoms with Crippen LogP contribution in [-0.2, 0) is 16.0 Å². The lowest BCUT2D eigenvalue weighted by atomic mass is 9.83. The number of anilines is 1. The molecule has 0 amide bonds. The predicted molar refractivity (Wildman–Crippen MR) is 68.3 cm³/mol. The summed E-state index contributed by atoms with van der Waals surface area (Å²) >= 11 is 0. The van der Waals surface area contributed by atoms with Crippen molar-refractivity contribution >= 4 is 11.7 Å². The van der Waals surface area contributed by atoms with Crippen molar-refractivity contribution in [2.75, 3.05) is 18.9 Å². The quantitative estimate of drug-likeness (QED) is 0.616. The molecule has 18 heavy (non-hydrogen) atoms. The molecule has 0 heterocycles. The maximum Gasteiger partial charge on any atom is 0.313 e. The van der Waals surface area contributed by atoms with Crippen LogP contribution in [0.25, 0.3) is 0 Å². The van der Waals surface area contributed by atoms with Crippen molar-refractivity contribution in [3.8, 4) is 0 Å². The van der Waals surface area contributed by atoms with Gasteiger partial charge in [-0.3, -0.25) is 4.79 Å². The van der Waals surface area contributed by atoms with E-state index in [1.165, 1.54) is 12.1 Å². The van der Waals surface area contributed by atoms with E-state index in [9.17, 15) is 9.18 Å². The molecule has 0 saturated carbocycles. The molecule has 0 aliphatic rings. The number of hydrogen-bond donors (Lipinski definition) is 2. The molecule has 1 aromatic rings. The highest BCUT2D eigenvalue weighted by molar-refractivity contribution is 5.77. The maximum absolute atomic E-state index is 13.3. The molecule has 4 nitrogen and oxygen atoms in total. The van der Waals surface area contributed by atoms with Gasteiger partial charge < -0.3 is 16.2 Å². The highest BCUT2D eigenvalue weighted by atomic mass is 19.1. The molecule has 1 aromatic carbocycles. The van der Waals surface area contributed by atoms with Crippen molar-refractivity contribution in [3.63, 3.8) is 0 Å². The minimum atomic E-state index is -0.849. The van der Waals surface area contributed by atoms with Crippen LogP contribution in [0, 0.1) is 11.2 Å². The fourth-order valence-corrected chi connectivity index (χ4v) is 1.66. The minimum Gasteiger partial charge on any atom is -0.466 e. The van der Waals surface area contributed by atoms with Gasteiger partial charge in [-0.05, 0) is 38.0 Å². The largest absolute Gasteiger partial charge is 0.466 e. The Hall–Kier alpha value is -1.62. The van der Waals surface area contributed by atoms with E-state index < -0.39 is 11.2 Å². The molecule has 0 spiro atoms. The number of carbonyl (C=O) groups excluding carboxylic acids is 1. The number of esters is 1. The summed E-state index contributed by atoms with van der Waals surface area (Å²) in [4.78, 5) is 11.8. The molecule has 0 aliphatic heterocycles. The van der Waals surface area contributed by atoms with Crippen molar-refractivity contribution < 1.29 is 13.9 Å². The van der Waals surface area contributed by atoms with E-state index in [1.54, 1.807) is 19.9 Å². The standard InChI is InChI=1S/C13H19FN2O2/c1-3-18-12(17)13(2,8-15)7-9-4-5-11(16)10(14)6-9/h4-6H,3,7-8,15-16H2,1-2H3. The first-order valence-electron chi connectivity index (χ1n) is 5.84. The highest BCUT2D eigenvalue weighted by Gasteiger charge is 2.33. The molecule has 0 radical (unpaired) electrons. The van der Waals surface area contributed by atoms with E-state index in [2.05, 4.69) is 0 Å². The second kappa shape index (κ2) is 5.82. The molecule has 1 unspecified atom stereocenters. The average molecular weight is 254 g/mol. The van der Waals surface area contributed by atoms with Crippen LogP contribution in [0.5, 0.6) is 0 Å². The summed E-state index contributed by atoms with van der Waals surface area (Å²) in [5.74, 6) is -0.861. The Kier molecular flexibility index (Phi) is 4.67. The summed E-state index contributed by atoms with van der Waals surface area (Å²) in [5, 5.41) is 0. The molecular weight excluding hydrogens is 235 g/mol. The van der Waals surface area contributed by atoms with Crippen LogP contribution in [0.1, 0.15) is 19.4 Å². The van der Waals surface area contributed by atoms with Crippen molar-refractivity contribution in [1.82, 2.24) is 0 Å². The van der Waals surface area contributed by atoms with Crippen LogP contribution in [-0.4, -0.2) is 19.1 Å². The molecule has 1 rings (SSSR count). The van der Waals surface area contributed by atoms with Crippen LogP contribution in [0.15, 0.2) is 18.2 Å². The van der Waals surface area contributed by atoms with E-state index in [1.807, 2.05) is 0 Å². The molecule has 0 fully saturated rings. The van der Waals surface area contributed by atoms with Gasteiger partial charge in [0.05, 0.1) is 17.7 Å². The smallest absolute Gasteiger partial charge is 0.313 e. The maximum atomic E-state index is 13.3. The average Bonchev–Trinajstić information content (AvgIpc) is 2.34. The molecule has 100 valence electrons. The van der Waals surface area contributed by atoms with Crippen LogP contribution in [0.3, 0.4) is 0 Å². The number of halogens is 1. The zero-order valence-corrected chi connectivity index (χ0v) is 10.7. The summed E-state index contributed by atoms with van der Waals surface area (Å²) in [6.07, 6.45) is 0.319. The zero-order valence-electron chi connectivity index (χ0n) is 10.7. The molecular formula is C13H19FN2O2. The van der Waals surface area contributed by atoms with Gasteiger partial charge in [0.15, 0.2) is 0 Å². The third-order valence-electron chi connectivity index (χ3n) is 2.88. The van der Waals surface area contributed by atoms with Crippen molar-refractivity contribution in [1.29, 1.82) is 0 Å². The SMILES string of the molecule is CCOC(=O)C(C)(CN)Cc1ccc(N)c(F)c1. The van der Waals surface area contributed by atoms with Crippen LogP contribution < -0.4 is 11.5 Å². The Morgan fingerprint density at radius 2 is 2.17 bits per heavy atom. The lowest BCUT2D eigenvalue weighted by molar-refractivity contribution is -0.153. The van der Waals surface area contributed by atoms with Gasteiger partial charge in [-0.25, -0.2) is 4.39 Å². The van der Waals surface area contributed by atoms with Gasteiger partial charge >= 0.3 is 5.97 Å². The number of ether oxygens (including phenoxy) is 1. The first-order chi connectivity index (χ1) is 8.42. The van der Waals surface area contributed by atoms with Crippen molar-refractivity contribution in [2.24, 2.45) is 11.1 Å². The molecule has 0 saturated heterocycles. The lowest BCUT2D eigenvalue weighted by Crippen LogP contribution is -2.39. The number of nitrogen functional groups attached to an aromatic ring is 1. The van der Waals surface area contributed by atoms with Crippen LogP contribution in [0.4, 0.5) is 10.1 Å². The number of benzene rings is 1. The van der Waals surface area contributed by atoms with Gasteiger partial charge in [-0.1, -0.05) is 6.07 Å². The number of rotatable bonds is 5. The summed E-state index contributed by atoms with van der Waals surface area (Å²) in [7, 11) is 0. The van der Waals surface area contributed by atoms with Crippen molar-refractivity contribution in [3.05, 3.63) is 29.6 Å². The first-order valence-corrected chi connectivity index (χ1v) is 5.84. The Morgan fingerprint density at radius 1 is 1.50 bits per heavy atom. The Bertz CT molecular complexity index is 437. The molecule has 4 N–H and O–H groups in total. The number of carbonyl (C=O) groups is 1. The molecule has 0 aliphatic carbocycles. The lowest BCUT2D eigenvalue weighted by Gasteiger charge is -2.25. The molecule has 0 aromatic heterocycles. The first kappa shape index (κ1) is 14.4. The number of hydrogen-bond acceptors (Lipinski definition) is 4. The van der Waals surface area contributed by atoms with Gasteiger partial charge in [-0.2, -0.15) is 0 Å². The fraction of sp³-hybridized carbons (Fsp3) is 0.462. The minimum absolute atomic E-state index is 0.0873. The number of nitrogens with two attached hydrogens (primary N) is 2. The molecule has 0 bridgehead atoms. The van der Waals surface area contributed by atoms with E-state index in [0.717, 1.165) is 0 Å². The second-order valence-corrected chi connectivity index (χ2v) is 4.52. The normalized spacial score (nSPS) is 14.0. The summed E-state index contributed by atoms with van der Waals surface area (Å²) in [6.45, 7) is 3.87. The monoisotopic (exact) mass is 254 g/mol. The third-order valence-corrected chi connectivity index (χ3v) is 2.88. The van der Waals surface area contributed by atoms with Crippen LogP contribution >= 0.6 is 0 Å². The Labute approximate surface area is 106 Å². The van der Waals surface area contributed by atoms with E-state index in [4.69, 9.17) is 16.2 Å².